The van der Waals surface area contributed by atoms with E-state index in [0.29, 0.717) is 6.54 Å². The molecule has 2 atom stereocenters. The molecular weight excluding hydrogens is 280 g/mol. The molecule has 1 fully saturated rings. The third-order valence-corrected chi connectivity index (χ3v) is 4.44. The van der Waals surface area contributed by atoms with Crippen LogP contribution in [0.25, 0.3) is 0 Å². The highest BCUT2D eigenvalue weighted by molar-refractivity contribution is 5.83. The van der Waals surface area contributed by atoms with Crippen LogP contribution in [0.2, 0.25) is 0 Å². The number of aromatic nitrogens is 3. The number of piperidine rings is 1. The number of carbonyl (C=O) groups is 1. The summed E-state index contributed by atoms with van der Waals surface area (Å²) in [6.07, 6.45) is 5.30. The number of rotatable bonds is 3. The number of nitrogens with zero attached hydrogens (tertiary/aromatic N) is 4. The summed E-state index contributed by atoms with van der Waals surface area (Å²) in [5.41, 5.74) is 0.991. The van der Waals surface area contributed by atoms with Crippen LogP contribution < -0.4 is 0 Å². The Morgan fingerprint density at radius 3 is 2.91 bits per heavy atom. The molecule has 0 bridgehead atoms. The Hall–Kier alpha value is -2.11. The first-order valence-corrected chi connectivity index (χ1v) is 7.76. The van der Waals surface area contributed by atoms with Gasteiger partial charge in [0.2, 0.25) is 5.91 Å². The van der Waals surface area contributed by atoms with Crippen LogP contribution in [-0.2, 0) is 4.79 Å². The van der Waals surface area contributed by atoms with Gasteiger partial charge in [-0.25, -0.2) is 9.67 Å². The Kier molecular flexibility index (Phi) is 4.00. The van der Waals surface area contributed by atoms with E-state index in [2.05, 4.69) is 10.1 Å². The van der Waals surface area contributed by atoms with Crippen LogP contribution in [0.5, 0.6) is 0 Å². The fraction of sp³-hybridized carbons (Fsp3) is 0.562. The molecule has 0 aromatic carbocycles. The van der Waals surface area contributed by atoms with E-state index in [-0.39, 0.29) is 17.9 Å². The zero-order chi connectivity index (χ0) is 15.7. The average molecular weight is 302 g/mol. The molecule has 0 unspecified atom stereocenters. The molecule has 1 saturated heterocycles. The van der Waals surface area contributed by atoms with Crippen molar-refractivity contribution in [1.82, 2.24) is 19.7 Å². The zero-order valence-electron chi connectivity index (χ0n) is 13.3. The maximum Gasteiger partial charge on any atom is 0.230 e. The standard InChI is InChI=1S/C16H22N4O2/c1-11-7-15(13(3)22-11)12(2)16(21)19-6-4-5-14(8-19)20-10-17-9-18-20/h7,9-10,12,14H,4-6,8H2,1-3H3/t12-,14-/m0/s1. The monoisotopic (exact) mass is 302 g/mol. The summed E-state index contributed by atoms with van der Waals surface area (Å²) in [4.78, 5) is 18.8. The van der Waals surface area contributed by atoms with Gasteiger partial charge in [0, 0.05) is 18.7 Å². The molecule has 6 nitrogen and oxygen atoms in total. The number of hydrogen-bond donors (Lipinski definition) is 0. The lowest BCUT2D eigenvalue weighted by Crippen LogP contribution is -2.42. The van der Waals surface area contributed by atoms with Crippen molar-refractivity contribution in [2.45, 2.75) is 45.6 Å². The molecule has 0 N–H and O–H groups in total. The third kappa shape index (κ3) is 2.77. The van der Waals surface area contributed by atoms with E-state index >= 15 is 0 Å². The van der Waals surface area contributed by atoms with Crippen molar-refractivity contribution in [3.8, 4) is 0 Å². The van der Waals surface area contributed by atoms with Crippen LogP contribution in [0, 0.1) is 13.8 Å². The highest BCUT2D eigenvalue weighted by Crippen LogP contribution is 2.28. The van der Waals surface area contributed by atoms with E-state index in [9.17, 15) is 4.79 Å². The summed E-state index contributed by atoms with van der Waals surface area (Å²) in [5.74, 6) is 1.68. The molecule has 0 aliphatic carbocycles. The number of amides is 1. The lowest BCUT2D eigenvalue weighted by Gasteiger charge is -2.34. The second-order valence-corrected chi connectivity index (χ2v) is 6.05. The van der Waals surface area contributed by atoms with E-state index in [1.54, 1.807) is 12.7 Å². The summed E-state index contributed by atoms with van der Waals surface area (Å²) in [6.45, 7) is 7.29. The summed E-state index contributed by atoms with van der Waals surface area (Å²) >= 11 is 0. The van der Waals surface area contributed by atoms with Gasteiger partial charge in [-0.05, 0) is 39.7 Å². The van der Waals surface area contributed by atoms with Gasteiger partial charge in [0.1, 0.15) is 24.2 Å². The number of likely N-dealkylation sites (tertiary alicyclic amines) is 1. The molecule has 1 aliphatic rings. The van der Waals surface area contributed by atoms with Crippen molar-refractivity contribution in [1.29, 1.82) is 0 Å². The van der Waals surface area contributed by atoms with Crippen LogP contribution in [0.1, 0.15) is 48.8 Å². The fourth-order valence-corrected chi connectivity index (χ4v) is 3.26. The molecule has 3 rings (SSSR count). The van der Waals surface area contributed by atoms with E-state index in [4.69, 9.17) is 4.42 Å². The number of aryl methyl sites for hydroxylation is 2. The Bertz CT molecular complexity index is 647. The zero-order valence-corrected chi connectivity index (χ0v) is 13.3. The molecule has 2 aromatic rings. The predicted octanol–water partition coefficient (Wildman–Crippen LogP) is 2.46. The summed E-state index contributed by atoms with van der Waals surface area (Å²) in [5, 5.41) is 4.21. The first-order chi connectivity index (χ1) is 10.6. The van der Waals surface area contributed by atoms with Crippen LogP contribution >= 0.6 is 0 Å². The van der Waals surface area contributed by atoms with E-state index in [1.807, 2.05) is 36.4 Å². The Morgan fingerprint density at radius 2 is 2.27 bits per heavy atom. The summed E-state index contributed by atoms with van der Waals surface area (Å²) < 4.78 is 7.42. The van der Waals surface area contributed by atoms with Gasteiger partial charge >= 0.3 is 0 Å². The molecule has 2 aromatic heterocycles. The predicted molar refractivity (Wildman–Crippen MR) is 81.5 cm³/mol. The van der Waals surface area contributed by atoms with Gasteiger partial charge in [0.25, 0.3) is 0 Å². The van der Waals surface area contributed by atoms with Crippen molar-refractivity contribution in [3.05, 3.63) is 35.8 Å². The van der Waals surface area contributed by atoms with Crippen molar-refractivity contribution in [3.63, 3.8) is 0 Å². The second-order valence-electron chi connectivity index (χ2n) is 6.05. The maximum atomic E-state index is 12.8. The Morgan fingerprint density at radius 1 is 1.45 bits per heavy atom. The highest BCUT2D eigenvalue weighted by Gasteiger charge is 2.30. The molecule has 0 spiro atoms. The van der Waals surface area contributed by atoms with E-state index in [0.717, 1.165) is 36.5 Å². The minimum atomic E-state index is -0.174. The minimum Gasteiger partial charge on any atom is -0.466 e. The van der Waals surface area contributed by atoms with Crippen LogP contribution in [-0.4, -0.2) is 38.7 Å². The normalized spacial score (nSPS) is 20.1. The molecular formula is C16H22N4O2. The van der Waals surface area contributed by atoms with Gasteiger partial charge in [-0.15, -0.1) is 0 Å². The second kappa shape index (κ2) is 5.94. The molecule has 1 aliphatic heterocycles. The number of hydrogen-bond acceptors (Lipinski definition) is 4. The molecule has 22 heavy (non-hydrogen) atoms. The van der Waals surface area contributed by atoms with Crippen molar-refractivity contribution in [2.75, 3.05) is 13.1 Å². The van der Waals surface area contributed by atoms with Gasteiger partial charge in [-0.2, -0.15) is 5.10 Å². The van der Waals surface area contributed by atoms with Crippen LogP contribution in [0.15, 0.2) is 23.1 Å². The molecule has 6 heteroatoms. The van der Waals surface area contributed by atoms with Gasteiger partial charge in [0.15, 0.2) is 0 Å². The fourth-order valence-electron chi connectivity index (χ4n) is 3.26. The first-order valence-electron chi connectivity index (χ1n) is 7.76. The van der Waals surface area contributed by atoms with Crippen molar-refractivity contribution < 1.29 is 9.21 Å². The highest BCUT2D eigenvalue weighted by atomic mass is 16.3. The third-order valence-electron chi connectivity index (χ3n) is 4.44. The van der Waals surface area contributed by atoms with Gasteiger partial charge in [0.05, 0.1) is 12.0 Å². The SMILES string of the molecule is Cc1cc([C@H](C)C(=O)N2CCC[C@H](n3cncn3)C2)c(C)o1. The largest absolute Gasteiger partial charge is 0.466 e. The maximum absolute atomic E-state index is 12.8. The van der Waals surface area contributed by atoms with Gasteiger partial charge < -0.3 is 9.32 Å². The smallest absolute Gasteiger partial charge is 0.230 e. The summed E-state index contributed by atoms with van der Waals surface area (Å²) in [7, 11) is 0. The lowest BCUT2D eigenvalue weighted by molar-refractivity contribution is -0.134. The molecule has 118 valence electrons. The first kappa shape index (κ1) is 14.8. The Balaban J connectivity index is 1.72. The topological polar surface area (TPSA) is 64.2 Å². The molecule has 3 heterocycles. The van der Waals surface area contributed by atoms with Gasteiger partial charge in [-0.1, -0.05) is 0 Å². The van der Waals surface area contributed by atoms with Crippen molar-refractivity contribution in [2.24, 2.45) is 0 Å². The van der Waals surface area contributed by atoms with E-state index < -0.39 is 0 Å². The quantitative estimate of drug-likeness (QED) is 0.873. The van der Waals surface area contributed by atoms with Crippen LogP contribution in [0.3, 0.4) is 0 Å². The molecule has 0 radical (unpaired) electrons. The molecule has 1 amide bonds. The minimum absolute atomic E-state index is 0.161. The average Bonchev–Trinajstić information content (AvgIpc) is 3.15. The molecule has 0 saturated carbocycles. The number of carbonyl (C=O) groups excluding carboxylic acids is 1. The number of furan rings is 1. The van der Waals surface area contributed by atoms with E-state index in [1.165, 1.54) is 0 Å². The van der Waals surface area contributed by atoms with Crippen LogP contribution in [0.4, 0.5) is 0 Å². The van der Waals surface area contributed by atoms with Crippen molar-refractivity contribution >= 4 is 5.91 Å². The van der Waals surface area contributed by atoms with Gasteiger partial charge in [-0.3, -0.25) is 4.79 Å². The summed E-state index contributed by atoms with van der Waals surface area (Å²) in [6, 6.07) is 2.19. The lowest BCUT2D eigenvalue weighted by atomic mass is 9.97. The Labute approximate surface area is 130 Å².